The van der Waals surface area contributed by atoms with E-state index in [1.807, 2.05) is 13.8 Å². The topological polar surface area (TPSA) is 102 Å². The number of fused-ring (bicyclic) bond motifs is 4. The first kappa shape index (κ1) is 27.5. The molecule has 0 radical (unpaired) electrons. The number of amides is 2. The molecule has 1 N–H and O–H groups in total. The fourth-order valence-corrected chi connectivity index (χ4v) is 5.41. The summed E-state index contributed by atoms with van der Waals surface area (Å²) in [5, 5.41) is 3.01. The number of alkyl halides is 3. The van der Waals surface area contributed by atoms with E-state index in [0.717, 1.165) is 6.07 Å². The first-order valence-electron chi connectivity index (χ1n) is 13.0. The Morgan fingerprint density at radius 1 is 1.24 bits per heavy atom. The van der Waals surface area contributed by atoms with Crippen LogP contribution in [0.5, 0.6) is 5.88 Å². The van der Waals surface area contributed by atoms with Crippen molar-refractivity contribution in [2.75, 3.05) is 41.4 Å². The van der Waals surface area contributed by atoms with Gasteiger partial charge in [-0.3, -0.25) is 4.90 Å². The van der Waals surface area contributed by atoms with Gasteiger partial charge in [0.25, 0.3) is 0 Å². The van der Waals surface area contributed by atoms with Gasteiger partial charge in [0.05, 0.1) is 29.1 Å². The Kier molecular flexibility index (Phi) is 6.91. The Morgan fingerprint density at radius 2 is 2.07 bits per heavy atom. The third kappa shape index (κ3) is 5.61. The van der Waals surface area contributed by atoms with E-state index in [-0.39, 0.29) is 35.2 Å². The van der Waals surface area contributed by atoms with Crippen LogP contribution < -0.4 is 19.9 Å². The number of urea groups is 1. The number of nitrogens with zero attached hydrogens (tertiary/aromatic N) is 5. The highest BCUT2D eigenvalue weighted by atomic mass is 35.5. The van der Waals surface area contributed by atoms with Gasteiger partial charge in [-0.05, 0) is 44.5 Å². The minimum atomic E-state index is -4.63. The number of pyridine rings is 3. The van der Waals surface area contributed by atoms with E-state index in [4.69, 9.17) is 25.8 Å². The summed E-state index contributed by atoms with van der Waals surface area (Å²) >= 11 is 6.50. The van der Waals surface area contributed by atoms with Crippen LogP contribution in [-0.2, 0) is 15.7 Å². The molecule has 6 heterocycles. The van der Waals surface area contributed by atoms with Crippen LogP contribution in [0.15, 0.2) is 42.6 Å². The standard InChI is InChI=1S/C27H26ClF3N6O4/c1-26(2)40-14-17(41-26)13-39-22-10-15(6-8-32-22)33-25(38)37-16-7-9-36(12-16)20-11-18(28)23(35-24(20)37)19-4-3-5-21(34-19)27(29,30)31/h3-6,8,10-11,16-17H,7,9,12-14H2,1-2H3,(H,32,33,38)/t16-,17?/m0/s1. The number of hydrogen-bond donors (Lipinski definition) is 1. The number of hydrogen-bond acceptors (Lipinski definition) is 8. The van der Waals surface area contributed by atoms with Gasteiger partial charge in [-0.1, -0.05) is 17.7 Å². The van der Waals surface area contributed by atoms with Crippen molar-refractivity contribution in [3.05, 3.63) is 53.3 Å². The Morgan fingerprint density at radius 3 is 2.83 bits per heavy atom. The Bertz CT molecular complexity index is 1490. The fraction of sp³-hybridized carbons (Fsp3) is 0.407. The van der Waals surface area contributed by atoms with Gasteiger partial charge in [-0.2, -0.15) is 13.2 Å². The van der Waals surface area contributed by atoms with Crippen LogP contribution in [0.25, 0.3) is 11.4 Å². The summed E-state index contributed by atoms with van der Waals surface area (Å²) in [7, 11) is 0. The molecule has 0 saturated carbocycles. The van der Waals surface area contributed by atoms with Crippen LogP contribution in [0.4, 0.5) is 35.2 Å². The number of carbonyl (C=O) groups excluding carboxylic acids is 1. The number of rotatable bonds is 5. The molecular formula is C27H26ClF3N6O4. The molecule has 1 unspecified atom stereocenters. The lowest BCUT2D eigenvalue weighted by Gasteiger charge is -2.36. The van der Waals surface area contributed by atoms with Crippen molar-refractivity contribution in [3.8, 4) is 17.3 Å². The molecule has 3 aromatic heterocycles. The number of anilines is 3. The predicted octanol–water partition coefficient (Wildman–Crippen LogP) is 5.37. The lowest BCUT2D eigenvalue weighted by atomic mass is 10.1. The Hall–Kier alpha value is -3.68. The Balaban J connectivity index is 1.25. The minimum Gasteiger partial charge on any atom is -0.475 e. The van der Waals surface area contributed by atoms with Crippen LogP contribution in [-0.4, -0.2) is 65.2 Å². The zero-order chi connectivity index (χ0) is 28.9. The van der Waals surface area contributed by atoms with Gasteiger partial charge in [-0.15, -0.1) is 0 Å². The highest BCUT2D eigenvalue weighted by Gasteiger charge is 2.41. The molecule has 2 fully saturated rings. The highest BCUT2D eigenvalue weighted by Crippen LogP contribution is 2.43. The van der Waals surface area contributed by atoms with Gasteiger partial charge in [0.2, 0.25) is 5.88 Å². The van der Waals surface area contributed by atoms with Crippen molar-refractivity contribution in [1.82, 2.24) is 15.0 Å². The lowest BCUT2D eigenvalue weighted by molar-refractivity contribution is -0.141. The SMILES string of the molecule is CC1(C)OCC(COc2cc(NC(=O)N3c4nc(-c5cccc(C(F)(F)F)n5)c(Cl)cc4N4CC[C@H]3C4)ccn2)O1. The molecule has 0 spiro atoms. The van der Waals surface area contributed by atoms with E-state index < -0.39 is 23.7 Å². The fourth-order valence-electron chi connectivity index (χ4n) is 5.16. The van der Waals surface area contributed by atoms with Crippen molar-refractivity contribution < 1.29 is 32.2 Å². The zero-order valence-corrected chi connectivity index (χ0v) is 22.9. The Labute approximate surface area is 238 Å². The summed E-state index contributed by atoms with van der Waals surface area (Å²) in [5.41, 5.74) is 0.0136. The summed E-state index contributed by atoms with van der Waals surface area (Å²) in [5.74, 6) is -0.0842. The quantitative estimate of drug-likeness (QED) is 0.423. The van der Waals surface area contributed by atoms with E-state index in [2.05, 4.69) is 25.2 Å². The molecular weight excluding hydrogens is 565 g/mol. The number of aromatic nitrogens is 3. The summed E-state index contributed by atoms with van der Waals surface area (Å²) in [6.07, 6.45) is -2.69. The number of carbonyl (C=O) groups is 1. The summed E-state index contributed by atoms with van der Waals surface area (Å²) < 4.78 is 57.0. The summed E-state index contributed by atoms with van der Waals surface area (Å²) in [6.45, 7) is 5.52. The molecule has 3 aliphatic rings. The largest absolute Gasteiger partial charge is 0.475 e. The maximum absolute atomic E-state index is 13.6. The van der Waals surface area contributed by atoms with Gasteiger partial charge < -0.3 is 24.4 Å². The zero-order valence-electron chi connectivity index (χ0n) is 22.1. The maximum atomic E-state index is 13.6. The minimum absolute atomic E-state index is 0.0446. The van der Waals surface area contributed by atoms with Gasteiger partial charge in [0, 0.05) is 31.0 Å². The summed E-state index contributed by atoms with van der Waals surface area (Å²) in [6, 6.07) is 7.72. The van der Waals surface area contributed by atoms with Gasteiger partial charge in [-0.25, -0.2) is 19.7 Å². The molecule has 2 amide bonds. The van der Waals surface area contributed by atoms with E-state index in [1.165, 1.54) is 23.2 Å². The predicted molar refractivity (Wildman–Crippen MR) is 144 cm³/mol. The summed E-state index contributed by atoms with van der Waals surface area (Å²) in [4.78, 5) is 29.8. The smallest absolute Gasteiger partial charge is 0.433 e. The van der Waals surface area contributed by atoms with Crippen molar-refractivity contribution in [3.63, 3.8) is 0 Å². The molecule has 6 rings (SSSR count). The van der Waals surface area contributed by atoms with Crippen LogP contribution in [0, 0.1) is 0 Å². The monoisotopic (exact) mass is 590 g/mol. The number of halogens is 4. The van der Waals surface area contributed by atoms with E-state index >= 15 is 0 Å². The van der Waals surface area contributed by atoms with Crippen LogP contribution in [0.3, 0.4) is 0 Å². The highest BCUT2D eigenvalue weighted by molar-refractivity contribution is 6.33. The molecule has 3 aromatic rings. The lowest BCUT2D eigenvalue weighted by Crippen LogP contribution is -2.48. The average Bonchev–Trinajstić information content (AvgIpc) is 3.50. The van der Waals surface area contributed by atoms with Crippen LogP contribution in [0.1, 0.15) is 26.0 Å². The normalized spacial score (nSPS) is 21.1. The molecule has 41 heavy (non-hydrogen) atoms. The molecule has 2 atom stereocenters. The van der Waals surface area contributed by atoms with Crippen molar-refractivity contribution in [2.24, 2.45) is 0 Å². The third-order valence-corrected chi connectivity index (χ3v) is 7.29. The van der Waals surface area contributed by atoms with Crippen molar-refractivity contribution in [2.45, 2.75) is 44.4 Å². The molecule has 2 bridgehead atoms. The maximum Gasteiger partial charge on any atom is 0.433 e. The molecule has 3 aliphatic heterocycles. The van der Waals surface area contributed by atoms with Crippen molar-refractivity contribution in [1.29, 1.82) is 0 Å². The average molecular weight is 591 g/mol. The molecule has 10 nitrogen and oxygen atoms in total. The van der Waals surface area contributed by atoms with E-state index in [9.17, 15) is 18.0 Å². The van der Waals surface area contributed by atoms with Gasteiger partial charge in [0.15, 0.2) is 11.6 Å². The van der Waals surface area contributed by atoms with E-state index in [0.29, 0.717) is 49.2 Å². The molecule has 216 valence electrons. The first-order valence-corrected chi connectivity index (χ1v) is 13.4. The number of nitrogens with one attached hydrogen (secondary N) is 1. The van der Waals surface area contributed by atoms with Gasteiger partial charge >= 0.3 is 12.2 Å². The van der Waals surface area contributed by atoms with Crippen molar-refractivity contribution >= 4 is 34.8 Å². The molecule has 2 saturated heterocycles. The molecule has 0 aromatic carbocycles. The molecule has 0 aliphatic carbocycles. The second-order valence-corrected chi connectivity index (χ2v) is 10.8. The van der Waals surface area contributed by atoms with E-state index in [1.54, 1.807) is 18.2 Å². The third-order valence-electron chi connectivity index (χ3n) is 7.01. The number of ether oxygens (including phenoxy) is 3. The van der Waals surface area contributed by atoms with Crippen LogP contribution in [0.2, 0.25) is 5.02 Å². The second kappa shape index (κ2) is 10.3. The van der Waals surface area contributed by atoms with Gasteiger partial charge in [0.1, 0.15) is 24.1 Å². The van der Waals surface area contributed by atoms with Crippen LogP contribution >= 0.6 is 11.6 Å². The molecule has 14 heteroatoms. The first-order chi connectivity index (χ1) is 19.5. The second-order valence-electron chi connectivity index (χ2n) is 10.4.